The SMILES string of the molecule is COC(CNCc1cn(-c2ccccc2)nc1-c1ccc(C)cc1C)OC. The molecule has 142 valence electrons. The van der Waals surface area contributed by atoms with Gasteiger partial charge in [-0.05, 0) is 31.5 Å². The molecule has 0 amide bonds. The first kappa shape index (κ1) is 19.3. The van der Waals surface area contributed by atoms with E-state index in [9.17, 15) is 0 Å². The molecule has 5 nitrogen and oxygen atoms in total. The van der Waals surface area contributed by atoms with Crippen LogP contribution in [0.2, 0.25) is 0 Å². The average Bonchev–Trinajstić information content (AvgIpc) is 3.10. The third kappa shape index (κ3) is 4.63. The summed E-state index contributed by atoms with van der Waals surface area (Å²) in [4.78, 5) is 0. The first-order chi connectivity index (χ1) is 13.1. The van der Waals surface area contributed by atoms with E-state index in [0.29, 0.717) is 13.1 Å². The van der Waals surface area contributed by atoms with Crippen molar-refractivity contribution in [2.75, 3.05) is 20.8 Å². The van der Waals surface area contributed by atoms with Gasteiger partial charge in [-0.1, -0.05) is 42.0 Å². The zero-order valence-corrected chi connectivity index (χ0v) is 16.4. The minimum absolute atomic E-state index is 0.265. The number of nitrogens with zero attached hydrogens (tertiary/aromatic N) is 2. The normalized spacial score (nSPS) is 11.3. The number of aryl methyl sites for hydroxylation is 2. The highest BCUT2D eigenvalue weighted by Crippen LogP contribution is 2.27. The van der Waals surface area contributed by atoms with E-state index >= 15 is 0 Å². The van der Waals surface area contributed by atoms with Crippen LogP contribution in [0.4, 0.5) is 0 Å². The van der Waals surface area contributed by atoms with E-state index in [1.54, 1.807) is 14.2 Å². The van der Waals surface area contributed by atoms with Crippen molar-refractivity contribution in [1.29, 1.82) is 0 Å². The van der Waals surface area contributed by atoms with E-state index in [1.165, 1.54) is 11.1 Å². The summed E-state index contributed by atoms with van der Waals surface area (Å²) in [5, 5.41) is 8.30. The van der Waals surface area contributed by atoms with Gasteiger partial charge in [-0.25, -0.2) is 4.68 Å². The molecule has 0 saturated heterocycles. The van der Waals surface area contributed by atoms with Crippen molar-refractivity contribution < 1.29 is 9.47 Å². The second kappa shape index (κ2) is 8.95. The van der Waals surface area contributed by atoms with Crippen LogP contribution in [-0.2, 0) is 16.0 Å². The van der Waals surface area contributed by atoms with E-state index in [1.807, 2.05) is 22.9 Å². The number of para-hydroxylation sites is 1. The molecule has 0 unspecified atom stereocenters. The van der Waals surface area contributed by atoms with Crippen LogP contribution < -0.4 is 5.32 Å². The van der Waals surface area contributed by atoms with E-state index < -0.39 is 0 Å². The number of methoxy groups -OCH3 is 2. The number of ether oxygens (including phenoxy) is 2. The molecular weight excluding hydrogens is 338 g/mol. The fraction of sp³-hybridized carbons (Fsp3) is 0.318. The lowest BCUT2D eigenvalue weighted by atomic mass is 10.0. The Morgan fingerprint density at radius 1 is 1.04 bits per heavy atom. The second-order valence-corrected chi connectivity index (χ2v) is 6.63. The molecule has 5 heteroatoms. The highest BCUT2D eigenvalue weighted by atomic mass is 16.7. The summed E-state index contributed by atoms with van der Waals surface area (Å²) in [5.41, 5.74) is 6.80. The fourth-order valence-electron chi connectivity index (χ4n) is 3.15. The zero-order valence-electron chi connectivity index (χ0n) is 16.4. The van der Waals surface area contributed by atoms with Gasteiger partial charge in [0.25, 0.3) is 0 Å². The van der Waals surface area contributed by atoms with Gasteiger partial charge in [0, 0.05) is 44.6 Å². The van der Waals surface area contributed by atoms with E-state index in [2.05, 4.69) is 55.7 Å². The third-order valence-electron chi connectivity index (χ3n) is 4.60. The lowest BCUT2D eigenvalue weighted by molar-refractivity contribution is -0.0989. The summed E-state index contributed by atoms with van der Waals surface area (Å²) in [6, 6.07) is 16.6. The summed E-state index contributed by atoms with van der Waals surface area (Å²) < 4.78 is 12.4. The Morgan fingerprint density at radius 3 is 2.44 bits per heavy atom. The van der Waals surface area contributed by atoms with Gasteiger partial charge in [0.1, 0.15) is 0 Å². The van der Waals surface area contributed by atoms with Crippen LogP contribution in [0.15, 0.2) is 54.7 Å². The molecule has 0 aliphatic rings. The third-order valence-corrected chi connectivity index (χ3v) is 4.60. The summed E-state index contributed by atoms with van der Waals surface area (Å²) in [5.74, 6) is 0. The van der Waals surface area contributed by atoms with Gasteiger partial charge in [0.2, 0.25) is 0 Å². The molecule has 0 fully saturated rings. The highest BCUT2D eigenvalue weighted by molar-refractivity contribution is 5.67. The molecule has 0 aliphatic carbocycles. The molecule has 0 spiro atoms. The van der Waals surface area contributed by atoms with Gasteiger partial charge in [-0.3, -0.25) is 0 Å². The molecule has 1 aromatic heterocycles. The number of nitrogens with one attached hydrogen (secondary N) is 1. The van der Waals surface area contributed by atoms with Crippen molar-refractivity contribution in [3.8, 4) is 16.9 Å². The average molecular weight is 365 g/mol. The summed E-state index contributed by atoms with van der Waals surface area (Å²) in [6.45, 7) is 5.53. The fourth-order valence-corrected chi connectivity index (χ4v) is 3.15. The maximum Gasteiger partial charge on any atom is 0.169 e. The number of rotatable bonds is 8. The van der Waals surface area contributed by atoms with E-state index in [0.717, 1.165) is 22.5 Å². The number of benzene rings is 2. The van der Waals surface area contributed by atoms with Gasteiger partial charge in [-0.15, -0.1) is 0 Å². The number of aromatic nitrogens is 2. The second-order valence-electron chi connectivity index (χ2n) is 6.63. The van der Waals surface area contributed by atoms with E-state index in [-0.39, 0.29) is 6.29 Å². The molecule has 0 saturated carbocycles. The quantitative estimate of drug-likeness (QED) is 0.616. The van der Waals surface area contributed by atoms with Crippen LogP contribution in [0.5, 0.6) is 0 Å². The first-order valence-electron chi connectivity index (χ1n) is 9.10. The Bertz CT molecular complexity index is 871. The summed E-state index contributed by atoms with van der Waals surface area (Å²) in [7, 11) is 3.29. The molecule has 0 atom stereocenters. The van der Waals surface area contributed by atoms with Crippen LogP contribution >= 0.6 is 0 Å². The Hall–Kier alpha value is -2.47. The van der Waals surface area contributed by atoms with Crippen LogP contribution in [0.1, 0.15) is 16.7 Å². The maximum absolute atomic E-state index is 5.25. The van der Waals surface area contributed by atoms with Crippen molar-refractivity contribution in [3.63, 3.8) is 0 Å². The largest absolute Gasteiger partial charge is 0.355 e. The van der Waals surface area contributed by atoms with Crippen molar-refractivity contribution >= 4 is 0 Å². The first-order valence-corrected chi connectivity index (χ1v) is 9.10. The van der Waals surface area contributed by atoms with Crippen molar-refractivity contribution in [3.05, 3.63) is 71.4 Å². The summed E-state index contributed by atoms with van der Waals surface area (Å²) in [6.07, 6.45) is 1.82. The molecule has 27 heavy (non-hydrogen) atoms. The van der Waals surface area contributed by atoms with Gasteiger partial charge in [0.05, 0.1) is 11.4 Å². The van der Waals surface area contributed by atoms with Gasteiger partial charge < -0.3 is 14.8 Å². The predicted molar refractivity (Wildman–Crippen MR) is 108 cm³/mol. The summed E-state index contributed by atoms with van der Waals surface area (Å²) >= 11 is 0. The lowest BCUT2D eigenvalue weighted by Crippen LogP contribution is -2.29. The van der Waals surface area contributed by atoms with E-state index in [4.69, 9.17) is 14.6 Å². The monoisotopic (exact) mass is 365 g/mol. The standard InChI is InChI=1S/C22H27N3O2/c1-16-10-11-20(17(2)12-16)22-18(13-23-14-21(26-3)27-4)15-25(24-22)19-8-6-5-7-9-19/h5-12,15,21,23H,13-14H2,1-4H3. The van der Waals surface area contributed by atoms with Crippen LogP contribution in [0.3, 0.4) is 0 Å². The molecule has 0 bridgehead atoms. The highest BCUT2D eigenvalue weighted by Gasteiger charge is 2.15. The van der Waals surface area contributed by atoms with Crippen LogP contribution in [0.25, 0.3) is 16.9 Å². The topological polar surface area (TPSA) is 48.3 Å². The molecule has 3 aromatic rings. The van der Waals surface area contributed by atoms with Gasteiger partial charge in [-0.2, -0.15) is 5.10 Å². The molecule has 0 aliphatic heterocycles. The minimum Gasteiger partial charge on any atom is -0.355 e. The number of hydrogen-bond acceptors (Lipinski definition) is 4. The Morgan fingerprint density at radius 2 is 1.78 bits per heavy atom. The molecular formula is C22H27N3O2. The van der Waals surface area contributed by atoms with Gasteiger partial charge >= 0.3 is 0 Å². The van der Waals surface area contributed by atoms with Crippen molar-refractivity contribution in [2.24, 2.45) is 0 Å². The van der Waals surface area contributed by atoms with Gasteiger partial charge in [0.15, 0.2) is 6.29 Å². The maximum atomic E-state index is 5.25. The molecule has 0 radical (unpaired) electrons. The Labute approximate surface area is 160 Å². The Kier molecular flexibility index (Phi) is 6.40. The zero-order chi connectivity index (χ0) is 19.2. The molecule has 1 N–H and O–H groups in total. The molecule has 2 aromatic carbocycles. The van der Waals surface area contributed by atoms with Crippen LogP contribution in [0, 0.1) is 13.8 Å². The minimum atomic E-state index is -0.265. The smallest absolute Gasteiger partial charge is 0.169 e. The number of hydrogen-bond donors (Lipinski definition) is 1. The molecule has 3 rings (SSSR count). The van der Waals surface area contributed by atoms with Crippen molar-refractivity contribution in [2.45, 2.75) is 26.7 Å². The Balaban J connectivity index is 1.93. The lowest BCUT2D eigenvalue weighted by Gasteiger charge is -2.14. The predicted octanol–water partition coefficient (Wildman–Crippen LogP) is 3.86. The van der Waals surface area contributed by atoms with Crippen LogP contribution in [-0.4, -0.2) is 36.8 Å². The molecule has 1 heterocycles. The van der Waals surface area contributed by atoms with Crippen molar-refractivity contribution in [1.82, 2.24) is 15.1 Å².